The number of nitrogens with two attached hydrogens (primary N) is 1. The van der Waals surface area contributed by atoms with Gasteiger partial charge in [-0.25, -0.2) is 22.3 Å². The molecule has 0 radical (unpaired) electrons. The molecule has 1 aromatic heterocycles. The van der Waals surface area contributed by atoms with Crippen molar-refractivity contribution in [3.05, 3.63) is 46.8 Å². The minimum atomic E-state index is -3.91. The third-order valence-corrected chi connectivity index (χ3v) is 4.09. The van der Waals surface area contributed by atoms with Crippen molar-refractivity contribution in [3.63, 3.8) is 0 Å². The van der Waals surface area contributed by atoms with Crippen molar-refractivity contribution in [2.45, 2.75) is 25.3 Å². The minimum Gasteiger partial charge on any atom is -0.264 e. The van der Waals surface area contributed by atoms with Crippen LogP contribution in [0.15, 0.2) is 23.1 Å². The molecule has 108 valence electrons. The fraction of sp³-hybridized carbons (Fsp3) is 0.250. The average molecular weight is 301 g/mol. The van der Waals surface area contributed by atoms with Crippen molar-refractivity contribution in [2.75, 3.05) is 0 Å². The molecule has 5 nitrogen and oxygen atoms in total. The molecule has 0 aliphatic heterocycles. The van der Waals surface area contributed by atoms with Gasteiger partial charge in [0.1, 0.15) is 16.5 Å². The molecule has 2 aromatic rings. The zero-order chi connectivity index (χ0) is 15.1. The number of hydrogen-bond acceptors (Lipinski definition) is 3. The number of halogens is 2. The van der Waals surface area contributed by atoms with Crippen LogP contribution in [0, 0.1) is 25.5 Å². The van der Waals surface area contributed by atoms with Gasteiger partial charge in [-0.15, -0.1) is 0 Å². The molecule has 0 fully saturated rings. The van der Waals surface area contributed by atoms with Gasteiger partial charge >= 0.3 is 0 Å². The average Bonchev–Trinajstić information content (AvgIpc) is 2.58. The Kier molecular flexibility index (Phi) is 3.61. The minimum absolute atomic E-state index is 0.0776. The van der Waals surface area contributed by atoms with Crippen LogP contribution in [0.25, 0.3) is 0 Å². The lowest BCUT2D eigenvalue weighted by molar-refractivity contribution is 0.561. The summed E-state index contributed by atoms with van der Waals surface area (Å²) in [7, 11) is -3.91. The Labute approximate surface area is 115 Å². The van der Waals surface area contributed by atoms with Crippen LogP contribution in [0.3, 0.4) is 0 Å². The van der Waals surface area contributed by atoms with Crippen LogP contribution < -0.4 is 5.14 Å². The summed E-state index contributed by atoms with van der Waals surface area (Å²) in [4.78, 5) is -0.0886. The second-order valence-electron chi connectivity index (χ2n) is 4.44. The summed E-state index contributed by atoms with van der Waals surface area (Å²) in [5, 5.41) is 9.12. The molecule has 1 aromatic carbocycles. The van der Waals surface area contributed by atoms with Gasteiger partial charge in [0.25, 0.3) is 0 Å². The lowest BCUT2D eigenvalue weighted by atomic mass is 10.2. The molecule has 0 unspecified atom stereocenters. The van der Waals surface area contributed by atoms with Gasteiger partial charge in [0.15, 0.2) is 0 Å². The van der Waals surface area contributed by atoms with Gasteiger partial charge in [-0.05, 0) is 32.0 Å². The first kappa shape index (κ1) is 14.6. The number of aromatic nitrogens is 2. The fourth-order valence-corrected chi connectivity index (χ4v) is 3.04. The van der Waals surface area contributed by atoms with Crippen molar-refractivity contribution < 1.29 is 17.2 Å². The summed E-state index contributed by atoms with van der Waals surface area (Å²) in [5.74, 6) is -1.16. The Morgan fingerprint density at radius 2 is 1.95 bits per heavy atom. The van der Waals surface area contributed by atoms with E-state index in [0.29, 0.717) is 0 Å². The van der Waals surface area contributed by atoms with Crippen LogP contribution in [-0.4, -0.2) is 18.2 Å². The van der Waals surface area contributed by atoms with Crippen LogP contribution in [0.5, 0.6) is 0 Å². The van der Waals surface area contributed by atoms with Gasteiger partial charge in [-0.2, -0.15) is 5.10 Å². The summed E-state index contributed by atoms with van der Waals surface area (Å²) < 4.78 is 50.9. The van der Waals surface area contributed by atoms with Crippen LogP contribution in [-0.2, 0) is 16.6 Å². The van der Waals surface area contributed by atoms with E-state index in [-0.39, 0.29) is 28.4 Å². The Bertz CT molecular complexity index is 769. The normalized spacial score (nSPS) is 11.8. The lowest BCUT2D eigenvalue weighted by Gasteiger charge is -2.06. The second-order valence-corrected chi connectivity index (χ2v) is 5.94. The largest absolute Gasteiger partial charge is 0.264 e. The molecule has 0 saturated carbocycles. The Morgan fingerprint density at radius 3 is 2.50 bits per heavy atom. The monoisotopic (exact) mass is 301 g/mol. The second kappa shape index (κ2) is 4.95. The SMILES string of the molecule is Cc1nn(Cc2cc(F)ccc2F)c(C)c1S(N)(=O)=O. The maximum Gasteiger partial charge on any atom is 0.241 e. The Hall–Kier alpha value is -1.80. The molecule has 0 aliphatic carbocycles. The number of sulfonamides is 1. The van der Waals surface area contributed by atoms with Gasteiger partial charge in [-0.1, -0.05) is 0 Å². The number of benzene rings is 1. The first-order valence-corrected chi connectivity index (χ1v) is 7.25. The fourth-order valence-electron chi connectivity index (χ4n) is 2.07. The van der Waals surface area contributed by atoms with Crippen LogP contribution in [0.2, 0.25) is 0 Å². The predicted octanol–water partition coefficient (Wildman–Crippen LogP) is 1.47. The maximum absolute atomic E-state index is 13.6. The molecular formula is C12H13F2N3O2S. The zero-order valence-electron chi connectivity index (χ0n) is 10.9. The number of aryl methyl sites for hydroxylation is 1. The molecule has 0 atom stereocenters. The third kappa shape index (κ3) is 2.70. The van der Waals surface area contributed by atoms with Gasteiger partial charge in [0, 0.05) is 5.56 Å². The number of hydrogen-bond donors (Lipinski definition) is 1. The zero-order valence-corrected chi connectivity index (χ0v) is 11.7. The molecule has 2 N–H and O–H groups in total. The van der Waals surface area contributed by atoms with E-state index in [0.717, 1.165) is 18.2 Å². The highest BCUT2D eigenvalue weighted by Gasteiger charge is 2.21. The molecule has 0 spiro atoms. The van der Waals surface area contributed by atoms with Crippen molar-refractivity contribution in [2.24, 2.45) is 5.14 Å². The molecule has 0 aliphatic rings. The van der Waals surface area contributed by atoms with E-state index in [1.807, 2.05) is 0 Å². The topological polar surface area (TPSA) is 78.0 Å². The summed E-state index contributed by atoms with van der Waals surface area (Å²) >= 11 is 0. The quantitative estimate of drug-likeness (QED) is 0.932. The van der Waals surface area contributed by atoms with Crippen molar-refractivity contribution in [1.29, 1.82) is 0 Å². The molecule has 1 heterocycles. The highest BCUT2D eigenvalue weighted by atomic mass is 32.2. The standard InChI is InChI=1S/C12H13F2N3O2S/c1-7-12(20(15,18)19)8(2)17(16-7)6-9-5-10(13)3-4-11(9)14/h3-5H,6H2,1-2H3,(H2,15,18,19). The maximum atomic E-state index is 13.6. The van der Waals surface area contributed by atoms with Gasteiger partial charge < -0.3 is 0 Å². The van der Waals surface area contributed by atoms with Gasteiger partial charge in [0.2, 0.25) is 10.0 Å². The predicted molar refractivity (Wildman–Crippen MR) is 68.5 cm³/mol. The van der Waals surface area contributed by atoms with E-state index >= 15 is 0 Å². The summed E-state index contributed by atoms with van der Waals surface area (Å²) in [6.07, 6.45) is 0. The van der Waals surface area contributed by atoms with E-state index < -0.39 is 21.7 Å². The Morgan fingerprint density at radius 1 is 1.30 bits per heavy atom. The highest BCUT2D eigenvalue weighted by Crippen LogP contribution is 2.19. The van der Waals surface area contributed by atoms with E-state index in [9.17, 15) is 17.2 Å². The third-order valence-electron chi connectivity index (χ3n) is 2.93. The first-order chi connectivity index (χ1) is 9.20. The number of nitrogens with zero attached hydrogens (tertiary/aromatic N) is 2. The van der Waals surface area contributed by atoms with E-state index in [4.69, 9.17) is 5.14 Å². The van der Waals surface area contributed by atoms with E-state index in [1.165, 1.54) is 18.5 Å². The molecule has 0 saturated heterocycles. The number of rotatable bonds is 3. The summed E-state index contributed by atoms with van der Waals surface area (Å²) in [5.41, 5.74) is 0.590. The van der Waals surface area contributed by atoms with Crippen LogP contribution in [0.4, 0.5) is 8.78 Å². The smallest absolute Gasteiger partial charge is 0.241 e. The molecular weight excluding hydrogens is 288 g/mol. The van der Waals surface area contributed by atoms with Crippen molar-refractivity contribution in [1.82, 2.24) is 9.78 Å². The number of primary sulfonamides is 1. The van der Waals surface area contributed by atoms with Gasteiger partial charge in [-0.3, -0.25) is 4.68 Å². The van der Waals surface area contributed by atoms with Crippen molar-refractivity contribution in [3.8, 4) is 0 Å². The molecule has 0 bridgehead atoms. The Balaban J connectivity index is 2.48. The van der Waals surface area contributed by atoms with Crippen molar-refractivity contribution >= 4 is 10.0 Å². The molecule has 2 rings (SSSR count). The van der Waals surface area contributed by atoms with E-state index in [2.05, 4.69) is 5.10 Å². The lowest BCUT2D eigenvalue weighted by Crippen LogP contribution is -2.14. The van der Waals surface area contributed by atoms with Crippen LogP contribution in [0.1, 0.15) is 17.0 Å². The van der Waals surface area contributed by atoms with E-state index in [1.54, 1.807) is 0 Å². The summed E-state index contributed by atoms with van der Waals surface area (Å²) in [6.45, 7) is 2.92. The first-order valence-electron chi connectivity index (χ1n) is 5.71. The van der Waals surface area contributed by atoms with Crippen LogP contribution >= 0.6 is 0 Å². The summed E-state index contributed by atoms with van der Waals surface area (Å²) in [6, 6.07) is 3.06. The highest BCUT2D eigenvalue weighted by molar-refractivity contribution is 7.89. The van der Waals surface area contributed by atoms with Gasteiger partial charge in [0.05, 0.1) is 17.9 Å². The molecule has 0 amide bonds. The molecule has 8 heteroatoms. The molecule has 20 heavy (non-hydrogen) atoms.